The molecular weight excluding hydrogens is 360 g/mol. The van der Waals surface area contributed by atoms with E-state index in [4.69, 9.17) is 4.74 Å². The number of nitrogens with zero attached hydrogens (tertiary/aromatic N) is 1. The normalized spacial score (nSPS) is 10.6. The Kier molecular flexibility index (Phi) is 7.20. The SMILES string of the molecule is C=CCOc1ccc(CN(C)Cc2ccc(C(=O)Nc3ccccc3)cc2)cc1. The highest BCUT2D eigenvalue weighted by atomic mass is 16.5. The van der Waals surface area contributed by atoms with Crippen LogP contribution in [0.3, 0.4) is 0 Å². The van der Waals surface area contributed by atoms with E-state index in [0.717, 1.165) is 30.1 Å². The van der Waals surface area contributed by atoms with Crippen molar-refractivity contribution in [3.63, 3.8) is 0 Å². The Hall–Kier alpha value is -3.37. The predicted octanol–water partition coefficient (Wildman–Crippen LogP) is 5.14. The number of para-hydroxylation sites is 1. The number of anilines is 1. The van der Waals surface area contributed by atoms with Crippen molar-refractivity contribution in [2.45, 2.75) is 13.1 Å². The number of nitrogens with one attached hydrogen (secondary N) is 1. The molecule has 0 aliphatic heterocycles. The number of rotatable bonds is 9. The Balaban J connectivity index is 1.52. The lowest BCUT2D eigenvalue weighted by Crippen LogP contribution is -2.17. The summed E-state index contributed by atoms with van der Waals surface area (Å²) in [5, 5.41) is 2.90. The van der Waals surface area contributed by atoms with Gasteiger partial charge in [0.1, 0.15) is 12.4 Å². The second-order valence-corrected chi connectivity index (χ2v) is 6.93. The monoisotopic (exact) mass is 386 g/mol. The molecule has 1 amide bonds. The fourth-order valence-corrected chi connectivity index (χ4v) is 3.01. The predicted molar refractivity (Wildman–Crippen MR) is 118 cm³/mol. The number of carbonyl (C=O) groups excluding carboxylic acids is 1. The summed E-state index contributed by atoms with van der Waals surface area (Å²) in [6, 6.07) is 25.3. The minimum atomic E-state index is -0.102. The van der Waals surface area contributed by atoms with Crippen LogP contribution in [0.5, 0.6) is 5.75 Å². The summed E-state index contributed by atoms with van der Waals surface area (Å²) in [4.78, 5) is 14.6. The zero-order chi connectivity index (χ0) is 20.5. The number of carbonyl (C=O) groups is 1. The highest BCUT2D eigenvalue weighted by Gasteiger charge is 2.07. The lowest BCUT2D eigenvalue weighted by atomic mass is 10.1. The minimum Gasteiger partial charge on any atom is -0.490 e. The molecule has 4 heteroatoms. The van der Waals surface area contributed by atoms with Crippen LogP contribution in [0.15, 0.2) is 91.5 Å². The number of hydrogen-bond donors (Lipinski definition) is 1. The fourth-order valence-electron chi connectivity index (χ4n) is 3.01. The molecule has 0 aliphatic carbocycles. The van der Waals surface area contributed by atoms with Gasteiger partial charge in [-0.2, -0.15) is 0 Å². The van der Waals surface area contributed by atoms with Gasteiger partial charge in [-0.15, -0.1) is 0 Å². The third kappa shape index (κ3) is 6.33. The second-order valence-electron chi connectivity index (χ2n) is 6.93. The zero-order valence-corrected chi connectivity index (χ0v) is 16.7. The third-order valence-corrected chi connectivity index (χ3v) is 4.44. The second kappa shape index (κ2) is 10.2. The maximum absolute atomic E-state index is 12.3. The molecule has 0 heterocycles. The highest BCUT2D eigenvalue weighted by molar-refractivity contribution is 6.04. The molecule has 3 aromatic carbocycles. The van der Waals surface area contributed by atoms with Crippen molar-refractivity contribution >= 4 is 11.6 Å². The van der Waals surface area contributed by atoms with Gasteiger partial charge in [0.05, 0.1) is 0 Å². The first-order chi connectivity index (χ1) is 14.1. The molecule has 0 radical (unpaired) electrons. The van der Waals surface area contributed by atoms with E-state index in [2.05, 4.69) is 36.0 Å². The van der Waals surface area contributed by atoms with Gasteiger partial charge in [-0.3, -0.25) is 9.69 Å². The molecule has 4 nitrogen and oxygen atoms in total. The molecular formula is C25H26N2O2. The summed E-state index contributed by atoms with van der Waals surface area (Å²) in [6.45, 7) is 5.80. The Morgan fingerprint density at radius 3 is 2.10 bits per heavy atom. The average molecular weight is 386 g/mol. The van der Waals surface area contributed by atoms with Gasteiger partial charge in [-0.05, 0) is 54.6 Å². The Labute approximate surface area is 172 Å². The van der Waals surface area contributed by atoms with Gasteiger partial charge < -0.3 is 10.1 Å². The van der Waals surface area contributed by atoms with Crippen LogP contribution < -0.4 is 10.1 Å². The van der Waals surface area contributed by atoms with E-state index in [1.54, 1.807) is 6.08 Å². The lowest BCUT2D eigenvalue weighted by Gasteiger charge is -2.17. The number of benzene rings is 3. The van der Waals surface area contributed by atoms with E-state index >= 15 is 0 Å². The summed E-state index contributed by atoms with van der Waals surface area (Å²) >= 11 is 0. The molecule has 0 fully saturated rings. The molecule has 0 bridgehead atoms. The summed E-state index contributed by atoms with van der Waals surface area (Å²) in [5.74, 6) is 0.746. The highest BCUT2D eigenvalue weighted by Crippen LogP contribution is 2.15. The summed E-state index contributed by atoms with van der Waals surface area (Å²) in [6.07, 6.45) is 1.73. The Morgan fingerprint density at radius 2 is 1.52 bits per heavy atom. The maximum Gasteiger partial charge on any atom is 0.255 e. The number of amides is 1. The minimum absolute atomic E-state index is 0.102. The van der Waals surface area contributed by atoms with Crippen LogP contribution in [0.1, 0.15) is 21.5 Å². The van der Waals surface area contributed by atoms with Crippen molar-refractivity contribution in [1.82, 2.24) is 4.90 Å². The van der Waals surface area contributed by atoms with E-state index in [1.807, 2.05) is 66.7 Å². The Morgan fingerprint density at radius 1 is 0.931 bits per heavy atom. The lowest BCUT2D eigenvalue weighted by molar-refractivity contribution is 0.102. The molecule has 0 aliphatic rings. The van der Waals surface area contributed by atoms with Crippen LogP contribution >= 0.6 is 0 Å². The summed E-state index contributed by atoms with van der Waals surface area (Å²) in [5.41, 5.74) is 3.82. The van der Waals surface area contributed by atoms with E-state index in [0.29, 0.717) is 12.2 Å². The first-order valence-corrected chi connectivity index (χ1v) is 9.60. The van der Waals surface area contributed by atoms with E-state index < -0.39 is 0 Å². The molecule has 29 heavy (non-hydrogen) atoms. The van der Waals surface area contributed by atoms with Gasteiger partial charge in [0.15, 0.2) is 0 Å². The smallest absolute Gasteiger partial charge is 0.255 e. The van der Waals surface area contributed by atoms with Crippen LogP contribution in [-0.2, 0) is 13.1 Å². The van der Waals surface area contributed by atoms with Gasteiger partial charge >= 0.3 is 0 Å². The van der Waals surface area contributed by atoms with Crippen molar-refractivity contribution in [1.29, 1.82) is 0 Å². The van der Waals surface area contributed by atoms with Crippen molar-refractivity contribution in [3.8, 4) is 5.75 Å². The van der Waals surface area contributed by atoms with Crippen LogP contribution in [-0.4, -0.2) is 24.5 Å². The summed E-state index contributed by atoms with van der Waals surface area (Å²) < 4.78 is 5.51. The van der Waals surface area contributed by atoms with Crippen molar-refractivity contribution < 1.29 is 9.53 Å². The van der Waals surface area contributed by atoms with Crippen LogP contribution in [0.2, 0.25) is 0 Å². The molecule has 148 valence electrons. The van der Waals surface area contributed by atoms with Crippen molar-refractivity contribution in [3.05, 3.63) is 108 Å². The van der Waals surface area contributed by atoms with Gasteiger partial charge in [0, 0.05) is 24.3 Å². The molecule has 0 aromatic heterocycles. The van der Waals surface area contributed by atoms with E-state index in [-0.39, 0.29) is 5.91 Å². The molecule has 0 atom stereocenters. The molecule has 3 aromatic rings. The number of hydrogen-bond acceptors (Lipinski definition) is 3. The van der Waals surface area contributed by atoms with Gasteiger partial charge in [-0.1, -0.05) is 55.1 Å². The molecule has 1 N–H and O–H groups in total. The fraction of sp³-hybridized carbons (Fsp3) is 0.160. The molecule has 0 saturated heterocycles. The molecule has 0 saturated carbocycles. The van der Waals surface area contributed by atoms with Crippen molar-refractivity contribution in [2.75, 3.05) is 19.0 Å². The van der Waals surface area contributed by atoms with Crippen LogP contribution in [0.4, 0.5) is 5.69 Å². The summed E-state index contributed by atoms with van der Waals surface area (Å²) in [7, 11) is 2.08. The maximum atomic E-state index is 12.3. The van der Waals surface area contributed by atoms with Crippen LogP contribution in [0.25, 0.3) is 0 Å². The first-order valence-electron chi connectivity index (χ1n) is 9.60. The molecule has 0 spiro atoms. The van der Waals surface area contributed by atoms with Gasteiger partial charge in [-0.25, -0.2) is 0 Å². The van der Waals surface area contributed by atoms with Gasteiger partial charge in [0.25, 0.3) is 5.91 Å². The largest absolute Gasteiger partial charge is 0.490 e. The molecule has 3 rings (SSSR count). The first kappa shape index (κ1) is 20.4. The number of ether oxygens (including phenoxy) is 1. The zero-order valence-electron chi connectivity index (χ0n) is 16.7. The third-order valence-electron chi connectivity index (χ3n) is 4.44. The van der Waals surface area contributed by atoms with E-state index in [1.165, 1.54) is 5.56 Å². The van der Waals surface area contributed by atoms with Crippen LogP contribution in [0, 0.1) is 0 Å². The van der Waals surface area contributed by atoms with Gasteiger partial charge in [0.2, 0.25) is 0 Å². The topological polar surface area (TPSA) is 41.6 Å². The molecule has 0 unspecified atom stereocenters. The quantitative estimate of drug-likeness (QED) is 0.518. The standard InChI is InChI=1S/C25H26N2O2/c1-3-17-29-24-15-11-21(12-16-24)19-27(2)18-20-9-13-22(14-10-20)25(28)26-23-7-5-4-6-8-23/h3-16H,1,17-19H2,2H3,(H,26,28). The van der Waals surface area contributed by atoms with E-state index in [9.17, 15) is 4.79 Å². The average Bonchev–Trinajstić information content (AvgIpc) is 2.74. The van der Waals surface area contributed by atoms with Crippen molar-refractivity contribution in [2.24, 2.45) is 0 Å². The Bertz CT molecular complexity index is 919.